The SMILES string of the molecule is C=CCc1cc(N)ccc1OCc1c(Br)c(CC)nn1C. The Labute approximate surface area is 133 Å². The van der Waals surface area contributed by atoms with Gasteiger partial charge in [0.1, 0.15) is 12.4 Å². The summed E-state index contributed by atoms with van der Waals surface area (Å²) in [7, 11) is 1.93. The zero-order valence-corrected chi connectivity index (χ0v) is 14.0. The van der Waals surface area contributed by atoms with Crippen molar-refractivity contribution in [1.82, 2.24) is 9.78 Å². The van der Waals surface area contributed by atoms with Crippen LogP contribution in [0.15, 0.2) is 35.3 Å². The van der Waals surface area contributed by atoms with Crippen LogP contribution in [0.4, 0.5) is 5.69 Å². The summed E-state index contributed by atoms with van der Waals surface area (Å²) in [6.07, 6.45) is 3.46. The van der Waals surface area contributed by atoms with Crippen LogP contribution >= 0.6 is 15.9 Å². The van der Waals surface area contributed by atoms with Crippen molar-refractivity contribution in [3.63, 3.8) is 0 Å². The molecule has 0 radical (unpaired) electrons. The quantitative estimate of drug-likeness (QED) is 0.639. The van der Waals surface area contributed by atoms with Crippen LogP contribution in [0.3, 0.4) is 0 Å². The monoisotopic (exact) mass is 349 g/mol. The van der Waals surface area contributed by atoms with E-state index in [9.17, 15) is 0 Å². The van der Waals surface area contributed by atoms with E-state index in [1.165, 1.54) is 0 Å². The van der Waals surface area contributed by atoms with Crippen molar-refractivity contribution in [2.24, 2.45) is 7.05 Å². The Morgan fingerprint density at radius 1 is 1.48 bits per heavy atom. The number of hydrogen-bond donors (Lipinski definition) is 1. The van der Waals surface area contributed by atoms with Gasteiger partial charge in [0, 0.05) is 12.7 Å². The van der Waals surface area contributed by atoms with Crippen molar-refractivity contribution in [3.8, 4) is 5.75 Å². The van der Waals surface area contributed by atoms with E-state index < -0.39 is 0 Å². The number of allylic oxidation sites excluding steroid dienone is 1. The van der Waals surface area contributed by atoms with Crippen molar-refractivity contribution >= 4 is 21.6 Å². The van der Waals surface area contributed by atoms with E-state index >= 15 is 0 Å². The third-order valence-electron chi connectivity index (χ3n) is 3.32. The molecular weight excluding hydrogens is 330 g/mol. The maximum atomic E-state index is 5.96. The molecule has 0 unspecified atom stereocenters. The van der Waals surface area contributed by atoms with Crippen molar-refractivity contribution in [3.05, 3.63) is 52.3 Å². The van der Waals surface area contributed by atoms with E-state index in [-0.39, 0.29) is 0 Å². The summed E-state index contributed by atoms with van der Waals surface area (Å²) in [4.78, 5) is 0. The number of benzene rings is 1. The first kappa shape index (κ1) is 15.6. The summed E-state index contributed by atoms with van der Waals surface area (Å²) in [5.74, 6) is 0.829. The average Bonchev–Trinajstić information content (AvgIpc) is 2.73. The minimum atomic E-state index is 0.456. The lowest BCUT2D eigenvalue weighted by Gasteiger charge is -2.12. The van der Waals surface area contributed by atoms with Gasteiger partial charge in [-0.2, -0.15) is 5.10 Å². The molecule has 0 aliphatic rings. The molecule has 21 heavy (non-hydrogen) atoms. The highest BCUT2D eigenvalue weighted by Crippen LogP contribution is 2.26. The molecule has 4 nitrogen and oxygen atoms in total. The van der Waals surface area contributed by atoms with Gasteiger partial charge in [0.15, 0.2) is 0 Å². The summed E-state index contributed by atoms with van der Waals surface area (Å²) in [5, 5.41) is 4.47. The minimum absolute atomic E-state index is 0.456. The second-order valence-electron chi connectivity index (χ2n) is 4.83. The third kappa shape index (κ3) is 3.47. The number of halogens is 1. The Bertz CT molecular complexity index is 649. The number of aryl methyl sites for hydroxylation is 2. The molecule has 5 heteroatoms. The van der Waals surface area contributed by atoms with Gasteiger partial charge in [-0.25, -0.2) is 0 Å². The van der Waals surface area contributed by atoms with Crippen molar-refractivity contribution in [1.29, 1.82) is 0 Å². The van der Waals surface area contributed by atoms with E-state index in [0.29, 0.717) is 6.61 Å². The summed E-state index contributed by atoms with van der Waals surface area (Å²) >= 11 is 3.60. The smallest absolute Gasteiger partial charge is 0.131 e. The Kier molecular flexibility index (Phi) is 5.07. The first-order valence-electron chi connectivity index (χ1n) is 6.89. The van der Waals surface area contributed by atoms with Crippen LogP contribution in [0.5, 0.6) is 5.75 Å². The fourth-order valence-electron chi connectivity index (χ4n) is 2.18. The number of aromatic nitrogens is 2. The maximum absolute atomic E-state index is 5.96. The molecule has 0 amide bonds. The second-order valence-corrected chi connectivity index (χ2v) is 5.63. The lowest BCUT2D eigenvalue weighted by Crippen LogP contribution is -2.05. The zero-order valence-electron chi connectivity index (χ0n) is 12.4. The van der Waals surface area contributed by atoms with Crippen molar-refractivity contribution in [2.45, 2.75) is 26.4 Å². The largest absolute Gasteiger partial charge is 0.487 e. The Morgan fingerprint density at radius 2 is 2.24 bits per heavy atom. The highest BCUT2D eigenvalue weighted by Gasteiger charge is 2.13. The number of hydrogen-bond acceptors (Lipinski definition) is 3. The van der Waals surface area contributed by atoms with E-state index in [1.54, 1.807) is 0 Å². The number of nitrogens with two attached hydrogens (primary N) is 1. The average molecular weight is 350 g/mol. The molecule has 1 aromatic heterocycles. The first-order valence-corrected chi connectivity index (χ1v) is 7.68. The Balaban J connectivity index is 2.20. The number of nitrogens with zero attached hydrogens (tertiary/aromatic N) is 2. The summed E-state index contributed by atoms with van der Waals surface area (Å²) in [6.45, 7) is 6.31. The van der Waals surface area contributed by atoms with Gasteiger partial charge in [-0.3, -0.25) is 4.68 Å². The van der Waals surface area contributed by atoms with Crippen LogP contribution in [-0.2, 0) is 26.5 Å². The van der Waals surface area contributed by atoms with E-state index in [2.05, 4.69) is 34.5 Å². The lowest BCUT2D eigenvalue weighted by molar-refractivity contribution is 0.291. The van der Waals surface area contributed by atoms with Crippen LogP contribution in [-0.4, -0.2) is 9.78 Å². The van der Waals surface area contributed by atoms with Crippen molar-refractivity contribution in [2.75, 3.05) is 5.73 Å². The molecular formula is C16H20BrN3O. The molecule has 0 atom stereocenters. The van der Waals surface area contributed by atoms with Gasteiger partial charge >= 0.3 is 0 Å². The molecule has 0 fully saturated rings. The molecule has 2 rings (SSSR count). The zero-order chi connectivity index (χ0) is 15.4. The summed E-state index contributed by atoms with van der Waals surface area (Å²) in [6, 6.07) is 5.67. The van der Waals surface area contributed by atoms with E-state index in [0.717, 1.165) is 45.7 Å². The molecule has 112 valence electrons. The maximum Gasteiger partial charge on any atom is 0.131 e. The topological polar surface area (TPSA) is 53.1 Å². The third-order valence-corrected chi connectivity index (χ3v) is 4.23. The normalized spacial score (nSPS) is 10.6. The highest BCUT2D eigenvalue weighted by atomic mass is 79.9. The molecule has 0 saturated carbocycles. The number of anilines is 1. The van der Waals surface area contributed by atoms with Gasteiger partial charge in [0.2, 0.25) is 0 Å². The number of ether oxygens (including phenoxy) is 1. The molecule has 0 saturated heterocycles. The molecule has 1 heterocycles. The number of nitrogen functional groups attached to an aromatic ring is 1. The van der Waals surface area contributed by atoms with Crippen LogP contribution < -0.4 is 10.5 Å². The van der Waals surface area contributed by atoms with Crippen LogP contribution in [0.25, 0.3) is 0 Å². The lowest BCUT2D eigenvalue weighted by atomic mass is 10.1. The van der Waals surface area contributed by atoms with E-state index in [1.807, 2.05) is 36.0 Å². The van der Waals surface area contributed by atoms with E-state index in [4.69, 9.17) is 10.5 Å². The summed E-state index contributed by atoms with van der Waals surface area (Å²) in [5.41, 5.74) is 9.66. The van der Waals surface area contributed by atoms with Gasteiger partial charge in [-0.1, -0.05) is 13.0 Å². The Hall–Kier alpha value is -1.75. The molecule has 0 aliphatic carbocycles. The molecule has 0 spiro atoms. The Morgan fingerprint density at radius 3 is 2.86 bits per heavy atom. The van der Waals surface area contributed by atoms with Gasteiger partial charge in [0.05, 0.1) is 15.9 Å². The predicted molar refractivity (Wildman–Crippen MR) is 89.4 cm³/mol. The molecule has 2 aromatic rings. The van der Waals surface area contributed by atoms with Crippen molar-refractivity contribution < 1.29 is 4.74 Å². The van der Waals surface area contributed by atoms with Crippen LogP contribution in [0.2, 0.25) is 0 Å². The van der Waals surface area contributed by atoms with Crippen LogP contribution in [0, 0.1) is 0 Å². The standard InChI is InChI=1S/C16H20BrN3O/c1-4-6-11-9-12(18)7-8-15(11)21-10-14-16(17)13(5-2)19-20(14)3/h4,7-9H,1,5-6,10,18H2,2-3H3. The van der Waals surface area contributed by atoms with Gasteiger partial charge in [0.25, 0.3) is 0 Å². The fraction of sp³-hybridized carbons (Fsp3) is 0.312. The van der Waals surface area contributed by atoms with Gasteiger partial charge in [-0.05, 0) is 52.5 Å². The molecule has 0 bridgehead atoms. The molecule has 1 aromatic carbocycles. The predicted octanol–water partition coefficient (Wildman–Crippen LogP) is 3.63. The minimum Gasteiger partial charge on any atom is -0.487 e. The highest BCUT2D eigenvalue weighted by molar-refractivity contribution is 9.10. The molecule has 2 N–H and O–H groups in total. The second kappa shape index (κ2) is 6.80. The number of rotatable bonds is 6. The first-order chi connectivity index (χ1) is 10.1. The fourth-order valence-corrected chi connectivity index (χ4v) is 2.91. The molecule has 0 aliphatic heterocycles. The van der Waals surface area contributed by atoms with Gasteiger partial charge < -0.3 is 10.5 Å². The summed E-state index contributed by atoms with van der Waals surface area (Å²) < 4.78 is 8.83. The van der Waals surface area contributed by atoms with Gasteiger partial charge in [-0.15, -0.1) is 6.58 Å². The van der Waals surface area contributed by atoms with Crippen LogP contribution in [0.1, 0.15) is 23.9 Å².